The van der Waals surface area contributed by atoms with Gasteiger partial charge in [-0.25, -0.2) is 0 Å². The van der Waals surface area contributed by atoms with Gasteiger partial charge in [-0.2, -0.15) is 5.10 Å². The zero-order valence-electron chi connectivity index (χ0n) is 12.2. The largest absolute Gasteiger partial charge is 0.504 e. The van der Waals surface area contributed by atoms with Gasteiger partial charge in [0.05, 0.1) is 18.5 Å². The first-order valence-electron chi connectivity index (χ1n) is 6.92. The number of methoxy groups -OCH3 is 1. The summed E-state index contributed by atoms with van der Waals surface area (Å²) in [5.41, 5.74) is 3.84. The van der Waals surface area contributed by atoms with Gasteiger partial charge < -0.3 is 9.84 Å². The second-order valence-electron chi connectivity index (χ2n) is 4.84. The van der Waals surface area contributed by atoms with Crippen LogP contribution in [0.15, 0.2) is 54.6 Å². The van der Waals surface area contributed by atoms with Crippen molar-refractivity contribution in [1.82, 2.24) is 10.2 Å². The molecule has 0 fully saturated rings. The predicted octanol–water partition coefficient (Wildman–Crippen LogP) is 3.96. The maximum atomic E-state index is 9.58. The van der Waals surface area contributed by atoms with Gasteiger partial charge in [-0.3, -0.25) is 5.10 Å². The van der Waals surface area contributed by atoms with Gasteiger partial charge in [-0.15, -0.1) is 0 Å². The summed E-state index contributed by atoms with van der Waals surface area (Å²) < 4.78 is 5.09. The number of nitrogens with zero attached hydrogens (tertiary/aromatic N) is 1. The van der Waals surface area contributed by atoms with E-state index >= 15 is 0 Å². The average Bonchev–Trinajstić information content (AvgIpc) is 3.04. The Morgan fingerprint density at radius 1 is 1.05 bits per heavy atom. The van der Waals surface area contributed by atoms with E-state index in [4.69, 9.17) is 4.74 Å². The summed E-state index contributed by atoms with van der Waals surface area (Å²) in [6.45, 7) is 0. The van der Waals surface area contributed by atoms with Gasteiger partial charge in [0, 0.05) is 0 Å². The van der Waals surface area contributed by atoms with Gasteiger partial charge in [0.2, 0.25) is 0 Å². The van der Waals surface area contributed by atoms with Crippen molar-refractivity contribution in [2.45, 2.75) is 0 Å². The Morgan fingerprint density at radius 2 is 1.86 bits per heavy atom. The second kappa shape index (κ2) is 6.18. The highest BCUT2D eigenvalue weighted by molar-refractivity contribution is 5.71. The number of hydrogen-bond acceptors (Lipinski definition) is 3. The Balaban J connectivity index is 1.80. The quantitative estimate of drug-likeness (QED) is 0.765. The summed E-state index contributed by atoms with van der Waals surface area (Å²) in [7, 11) is 1.53. The van der Waals surface area contributed by atoms with Gasteiger partial charge >= 0.3 is 0 Å². The molecule has 0 aliphatic heterocycles. The lowest BCUT2D eigenvalue weighted by Gasteiger charge is -2.03. The van der Waals surface area contributed by atoms with Gasteiger partial charge in [0.15, 0.2) is 11.5 Å². The first-order valence-corrected chi connectivity index (χ1v) is 6.92. The highest BCUT2D eigenvalue weighted by Gasteiger charge is 2.02. The summed E-state index contributed by atoms with van der Waals surface area (Å²) in [6, 6.07) is 17.2. The Bertz CT molecular complexity index is 792. The summed E-state index contributed by atoms with van der Waals surface area (Å²) in [6.07, 6.45) is 3.83. The zero-order chi connectivity index (χ0) is 15.4. The maximum Gasteiger partial charge on any atom is 0.161 e. The molecular formula is C18H16N2O2. The van der Waals surface area contributed by atoms with Crippen LogP contribution in [-0.4, -0.2) is 22.4 Å². The van der Waals surface area contributed by atoms with Crippen molar-refractivity contribution in [3.05, 3.63) is 65.9 Å². The Kier molecular flexibility index (Phi) is 3.92. The topological polar surface area (TPSA) is 58.1 Å². The van der Waals surface area contributed by atoms with E-state index < -0.39 is 0 Å². The highest BCUT2D eigenvalue weighted by atomic mass is 16.5. The average molecular weight is 292 g/mol. The lowest BCUT2D eigenvalue weighted by molar-refractivity contribution is 0.373. The molecule has 4 nitrogen and oxygen atoms in total. The zero-order valence-corrected chi connectivity index (χ0v) is 12.2. The van der Waals surface area contributed by atoms with Crippen molar-refractivity contribution in [3.63, 3.8) is 0 Å². The van der Waals surface area contributed by atoms with Gasteiger partial charge in [0.25, 0.3) is 0 Å². The second-order valence-corrected chi connectivity index (χ2v) is 4.84. The van der Waals surface area contributed by atoms with Crippen LogP contribution >= 0.6 is 0 Å². The van der Waals surface area contributed by atoms with Crippen LogP contribution in [-0.2, 0) is 0 Å². The molecule has 0 saturated carbocycles. The fraction of sp³-hybridized carbons (Fsp3) is 0.0556. The molecule has 0 atom stereocenters. The first kappa shape index (κ1) is 13.9. The minimum Gasteiger partial charge on any atom is -0.504 e. The molecule has 0 aliphatic carbocycles. The molecule has 3 rings (SSSR count). The molecule has 0 bridgehead atoms. The Morgan fingerprint density at radius 3 is 2.64 bits per heavy atom. The minimum absolute atomic E-state index is 0.130. The Labute approximate surface area is 128 Å². The number of hydrogen-bond donors (Lipinski definition) is 2. The standard InChI is InChI=1S/C18H16N2O2/c1-22-18-11-13(8-10-17(18)21)7-9-15-12-16(20-19-15)14-5-3-2-4-6-14/h2-12,21H,1H3,(H,19,20). The van der Waals surface area contributed by atoms with Crippen molar-refractivity contribution >= 4 is 12.2 Å². The maximum absolute atomic E-state index is 9.58. The van der Waals surface area contributed by atoms with E-state index in [-0.39, 0.29) is 5.75 Å². The molecule has 2 aromatic carbocycles. The fourth-order valence-corrected chi connectivity index (χ4v) is 2.17. The number of aromatic hydroxyl groups is 1. The summed E-state index contributed by atoms with van der Waals surface area (Å²) in [5.74, 6) is 0.583. The van der Waals surface area contributed by atoms with E-state index in [2.05, 4.69) is 10.2 Å². The number of aromatic amines is 1. The molecule has 22 heavy (non-hydrogen) atoms. The Hall–Kier alpha value is -3.01. The molecule has 0 amide bonds. The van der Waals surface area contributed by atoms with Crippen LogP contribution in [0, 0.1) is 0 Å². The van der Waals surface area contributed by atoms with Gasteiger partial charge in [0.1, 0.15) is 0 Å². The number of aromatic nitrogens is 2. The summed E-state index contributed by atoms with van der Waals surface area (Å²) in [5, 5.41) is 16.9. The molecule has 1 aromatic heterocycles. The minimum atomic E-state index is 0.130. The molecular weight excluding hydrogens is 276 g/mol. The number of phenols is 1. The number of nitrogens with one attached hydrogen (secondary N) is 1. The molecule has 0 aliphatic rings. The van der Waals surface area contributed by atoms with Crippen molar-refractivity contribution < 1.29 is 9.84 Å². The van der Waals surface area contributed by atoms with E-state index in [0.29, 0.717) is 5.75 Å². The van der Waals surface area contributed by atoms with Crippen LogP contribution in [0.2, 0.25) is 0 Å². The van der Waals surface area contributed by atoms with Crippen LogP contribution in [0.3, 0.4) is 0 Å². The first-order chi connectivity index (χ1) is 10.8. The molecule has 3 aromatic rings. The summed E-state index contributed by atoms with van der Waals surface area (Å²) in [4.78, 5) is 0. The van der Waals surface area contributed by atoms with Crippen LogP contribution < -0.4 is 4.74 Å². The molecule has 0 unspecified atom stereocenters. The number of benzene rings is 2. The van der Waals surface area contributed by atoms with Crippen molar-refractivity contribution in [2.75, 3.05) is 7.11 Å². The van der Waals surface area contributed by atoms with Crippen LogP contribution in [0.1, 0.15) is 11.3 Å². The van der Waals surface area contributed by atoms with E-state index in [9.17, 15) is 5.11 Å². The lowest BCUT2D eigenvalue weighted by atomic mass is 10.1. The molecule has 2 N–H and O–H groups in total. The molecule has 110 valence electrons. The summed E-state index contributed by atoms with van der Waals surface area (Å²) >= 11 is 0. The van der Waals surface area contributed by atoms with E-state index in [1.54, 1.807) is 12.1 Å². The third-order valence-electron chi connectivity index (χ3n) is 3.33. The number of H-pyrrole nitrogens is 1. The highest BCUT2D eigenvalue weighted by Crippen LogP contribution is 2.27. The van der Waals surface area contributed by atoms with Crippen LogP contribution in [0.25, 0.3) is 23.4 Å². The van der Waals surface area contributed by atoms with Crippen LogP contribution in [0.5, 0.6) is 11.5 Å². The third-order valence-corrected chi connectivity index (χ3v) is 3.33. The van der Waals surface area contributed by atoms with Crippen molar-refractivity contribution in [3.8, 4) is 22.8 Å². The van der Waals surface area contributed by atoms with Gasteiger partial charge in [-0.1, -0.05) is 42.5 Å². The number of rotatable bonds is 4. The SMILES string of the molecule is COc1cc(C=Cc2cc(-c3ccccc3)[nH]n2)ccc1O. The third kappa shape index (κ3) is 3.01. The fourth-order valence-electron chi connectivity index (χ4n) is 2.17. The van der Waals surface area contributed by atoms with E-state index in [1.807, 2.05) is 54.6 Å². The van der Waals surface area contributed by atoms with E-state index in [1.165, 1.54) is 7.11 Å². The molecule has 1 heterocycles. The van der Waals surface area contributed by atoms with E-state index in [0.717, 1.165) is 22.5 Å². The number of phenolic OH excluding ortho intramolecular Hbond substituents is 1. The smallest absolute Gasteiger partial charge is 0.161 e. The molecule has 4 heteroatoms. The van der Waals surface area contributed by atoms with Crippen LogP contribution in [0.4, 0.5) is 0 Å². The van der Waals surface area contributed by atoms with Gasteiger partial charge in [-0.05, 0) is 35.4 Å². The molecule has 0 radical (unpaired) electrons. The molecule has 0 spiro atoms. The lowest BCUT2D eigenvalue weighted by Crippen LogP contribution is -1.84. The normalized spacial score (nSPS) is 11.0. The molecule has 0 saturated heterocycles. The monoisotopic (exact) mass is 292 g/mol. The van der Waals surface area contributed by atoms with Crippen molar-refractivity contribution in [2.24, 2.45) is 0 Å². The number of ether oxygens (including phenoxy) is 1. The predicted molar refractivity (Wildman–Crippen MR) is 87.6 cm³/mol. The van der Waals surface area contributed by atoms with Crippen molar-refractivity contribution in [1.29, 1.82) is 0 Å².